The fourth-order valence-electron chi connectivity index (χ4n) is 1.41. The van der Waals surface area contributed by atoms with Crippen LogP contribution in [-0.4, -0.2) is 11.9 Å². The van der Waals surface area contributed by atoms with Crippen LogP contribution in [0.25, 0.3) is 0 Å². The zero-order valence-corrected chi connectivity index (χ0v) is 6.90. The Hall–Kier alpha value is -1.64. The van der Waals surface area contributed by atoms with Crippen LogP contribution in [0.15, 0.2) is 30.3 Å². The maximum absolute atomic E-state index is 11.1. The van der Waals surface area contributed by atoms with Gasteiger partial charge in [-0.15, -0.1) is 0 Å². The Kier molecular flexibility index (Phi) is 1.85. The zero-order valence-electron chi connectivity index (χ0n) is 6.90. The van der Waals surface area contributed by atoms with E-state index in [1.54, 1.807) is 0 Å². The van der Waals surface area contributed by atoms with E-state index in [0.29, 0.717) is 0 Å². The van der Waals surface area contributed by atoms with Gasteiger partial charge in [-0.3, -0.25) is 9.59 Å². The van der Waals surface area contributed by atoms with Gasteiger partial charge in [-0.25, -0.2) is 0 Å². The van der Waals surface area contributed by atoms with Crippen molar-refractivity contribution in [3.8, 4) is 0 Å². The first-order chi connectivity index (χ1) is 6.27. The molecule has 1 aromatic rings. The molecule has 3 nitrogen and oxygen atoms in total. The maximum atomic E-state index is 11.1. The molecule has 1 unspecified atom stereocenters. The Balaban J connectivity index is 2.28. The Morgan fingerprint density at radius 2 is 1.85 bits per heavy atom. The number of hydrogen-bond donors (Lipinski definition) is 0. The van der Waals surface area contributed by atoms with Gasteiger partial charge in [0.15, 0.2) is 0 Å². The summed E-state index contributed by atoms with van der Waals surface area (Å²) in [4.78, 5) is 21.9. The molecule has 66 valence electrons. The van der Waals surface area contributed by atoms with Gasteiger partial charge in [-0.1, -0.05) is 30.3 Å². The van der Waals surface area contributed by atoms with Crippen LogP contribution in [0.1, 0.15) is 17.9 Å². The summed E-state index contributed by atoms with van der Waals surface area (Å²) in [5.41, 5.74) is 0.846. The second-order valence-corrected chi connectivity index (χ2v) is 2.96. The molecule has 3 heteroatoms. The third-order valence-corrected chi connectivity index (χ3v) is 2.07. The van der Waals surface area contributed by atoms with Crippen molar-refractivity contribution in [3.63, 3.8) is 0 Å². The van der Waals surface area contributed by atoms with Crippen LogP contribution >= 0.6 is 0 Å². The molecule has 0 amide bonds. The molecule has 1 saturated heterocycles. The molecule has 0 bridgehead atoms. The fourth-order valence-corrected chi connectivity index (χ4v) is 1.41. The highest BCUT2D eigenvalue weighted by atomic mass is 16.6. The molecule has 1 aliphatic heterocycles. The van der Waals surface area contributed by atoms with Gasteiger partial charge in [0, 0.05) is 0 Å². The molecule has 0 saturated carbocycles. The van der Waals surface area contributed by atoms with Gasteiger partial charge in [0.1, 0.15) is 0 Å². The van der Waals surface area contributed by atoms with Crippen LogP contribution in [0.5, 0.6) is 0 Å². The normalized spacial score (nSPS) is 21.7. The van der Waals surface area contributed by atoms with Crippen LogP contribution in [0.2, 0.25) is 0 Å². The van der Waals surface area contributed by atoms with Crippen molar-refractivity contribution in [2.45, 2.75) is 12.3 Å². The molecular weight excluding hydrogens is 168 g/mol. The first-order valence-electron chi connectivity index (χ1n) is 4.07. The Morgan fingerprint density at radius 1 is 1.15 bits per heavy atom. The van der Waals surface area contributed by atoms with E-state index in [0.717, 1.165) is 5.56 Å². The van der Waals surface area contributed by atoms with Gasteiger partial charge in [-0.05, 0) is 5.56 Å². The largest absolute Gasteiger partial charge is 0.393 e. The van der Waals surface area contributed by atoms with Crippen LogP contribution in [0.3, 0.4) is 0 Å². The summed E-state index contributed by atoms with van der Waals surface area (Å²) in [6, 6.07) is 9.19. The second-order valence-electron chi connectivity index (χ2n) is 2.96. The van der Waals surface area contributed by atoms with E-state index in [-0.39, 0.29) is 6.42 Å². The number of rotatable bonds is 1. The molecule has 1 fully saturated rings. The van der Waals surface area contributed by atoms with Crippen molar-refractivity contribution in [2.24, 2.45) is 0 Å². The van der Waals surface area contributed by atoms with Crippen molar-refractivity contribution in [3.05, 3.63) is 35.9 Å². The molecule has 0 N–H and O–H groups in total. The number of hydrogen-bond acceptors (Lipinski definition) is 3. The van der Waals surface area contributed by atoms with Crippen molar-refractivity contribution in [2.75, 3.05) is 0 Å². The van der Waals surface area contributed by atoms with E-state index in [2.05, 4.69) is 4.74 Å². The Morgan fingerprint density at radius 3 is 2.38 bits per heavy atom. The van der Waals surface area contributed by atoms with E-state index in [4.69, 9.17) is 0 Å². The van der Waals surface area contributed by atoms with Crippen LogP contribution < -0.4 is 0 Å². The number of ether oxygens (including phenoxy) is 1. The third kappa shape index (κ3) is 1.45. The standard InChI is InChI=1S/C10H8O3/c11-9-6-8(10(12)13-9)7-4-2-1-3-5-7/h1-5,8H,6H2. The molecule has 2 rings (SSSR count). The van der Waals surface area contributed by atoms with Gasteiger partial charge in [0.25, 0.3) is 0 Å². The quantitative estimate of drug-likeness (QED) is 0.477. The summed E-state index contributed by atoms with van der Waals surface area (Å²) in [5.74, 6) is -1.26. The van der Waals surface area contributed by atoms with Crippen molar-refractivity contribution in [1.29, 1.82) is 0 Å². The highest BCUT2D eigenvalue weighted by Gasteiger charge is 2.34. The molecule has 1 aromatic carbocycles. The molecule has 0 aliphatic carbocycles. The summed E-state index contributed by atoms with van der Waals surface area (Å²) in [6.45, 7) is 0. The van der Waals surface area contributed by atoms with Crippen molar-refractivity contribution in [1.82, 2.24) is 0 Å². The summed E-state index contributed by atoms with van der Waals surface area (Å²) in [5, 5.41) is 0. The fraction of sp³-hybridized carbons (Fsp3) is 0.200. The third-order valence-electron chi connectivity index (χ3n) is 2.07. The maximum Gasteiger partial charge on any atom is 0.321 e. The molecule has 0 radical (unpaired) electrons. The number of benzene rings is 1. The van der Waals surface area contributed by atoms with Crippen molar-refractivity contribution < 1.29 is 14.3 Å². The van der Waals surface area contributed by atoms with Gasteiger partial charge in [0.05, 0.1) is 12.3 Å². The lowest BCUT2D eigenvalue weighted by Crippen LogP contribution is -2.04. The molecule has 13 heavy (non-hydrogen) atoms. The molecule has 1 aliphatic rings. The molecule has 1 atom stereocenters. The first kappa shape index (κ1) is 7.98. The SMILES string of the molecule is O=C1CC(c2ccccc2)C(=O)O1. The average molecular weight is 176 g/mol. The van der Waals surface area contributed by atoms with Crippen LogP contribution in [0, 0.1) is 0 Å². The van der Waals surface area contributed by atoms with Gasteiger partial charge < -0.3 is 4.74 Å². The second kappa shape index (κ2) is 3.01. The highest BCUT2D eigenvalue weighted by Crippen LogP contribution is 2.26. The number of esters is 2. The minimum atomic E-state index is -0.434. The van der Waals surface area contributed by atoms with E-state index in [9.17, 15) is 9.59 Å². The highest BCUT2D eigenvalue weighted by molar-refractivity contribution is 5.97. The summed E-state index contributed by atoms with van der Waals surface area (Å²) in [6.07, 6.45) is 0.169. The van der Waals surface area contributed by atoms with E-state index < -0.39 is 17.9 Å². The lowest BCUT2D eigenvalue weighted by molar-refractivity contribution is -0.152. The minimum absolute atomic E-state index is 0.169. The number of carbonyl (C=O) groups is 2. The van der Waals surface area contributed by atoms with E-state index in [1.165, 1.54) is 0 Å². The zero-order chi connectivity index (χ0) is 9.26. The molecule has 0 aromatic heterocycles. The van der Waals surface area contributed by atoms with Gasteiger partial charge in [0.2, 0.25) is 0 Å². The summed E-state index contributed by atoms with van der Waals surface area (Å²) >= 11 is 0. The van der Waals surface area contributed by atoms with Gasteiger partial charge >= 0.3 is 11.9 Å². The number of carbonyl (C=O) groups excluding carboxylic acids is 2. The molecular formula is C10H8O3. The van der Waals surface area contributed by atoms with Gasteiger partial charge in [-0.2, -0.15) is 0 Å². The predicted molar refractivity (Wildman–Crippen MR) is 44.9 cm³/mol. The predicted octanol–water partition coefficient (Wildman–Crippen LogP) is 1.24. The van der Waals surface area contributed by atoms with E-state index >= 15 is 0 Å². The smallest absolute Gasteiger partial charge is 0.321 e. The topological polar surface area (TPSA) is 43.4 Å². The summed E-state index contributed by atoms with van der Waals surface area (Å²) < 4.78 is 4.45. The summed E-state index contributed by atoms with van der Waals surface area (Å²) in [7, 11) is 0. The number of cyclic esters (lactones) is 2. The minimum Gasteiger partial charge on any atom is -0.393 e. The Bertz CT molecular complexity index is 342. The first-order valence-corrected chi connectivity index (χ1v) is 4.07. The molecule has 0 spiro atoms. The Labute approximate surface area is 75.3 Å². The van der Waals surface area contributed by atoms with E-state index in [1.807, 2.05) is 30.3 Å². The lowest BCUT2D eigenvalue weighted by Gasteiger charge is -2.02. The lowest BCUT2D eigenvalue weighted by atomic mass is 9.98. The monoisotopic (exact) mass is 176 g/mol. The van der Waals surface area contributed by atoms with Crippen LogP contribution in [-0.2, 0) is 14.3 Å². The van der Waals surface area contributed by atoms with Crippen molar-refractivity contribution >= 4 is 11.9 Å². The average Bonchev–Trinajstić information content (AvgIpc) is 2.47. The molecule has 1 heterocycles. The van der Waals surface area contributed by atoms with Crippen LogP contribution in [0.4, 0.5) is 0 Å².